The first-order chi connectivity index (χ1) is 6.65. The highest BCUT2D eigenvalue weighted by Crippen LogP contribution is 2.23. The standard InChI is InChI=1S/C10H7ClO3/c1-2-5-14-10(13)7-3-4-9(12)8(11)6-7/h1,3-4,6,12H,5H2. The van der Waals surface area contributed by atoms with E-state index in [9.17, 15) is 4.79 Å². The maximum absolute atomic E-state index is 11.2. The summed E-state index contributed by atoms with van der Waals surface area (Å²) < 4.78 is 4.66. The first-order valence-corrected chi connectivity index (χ1v) is 4.12. The molecule has 0 heterocycles. The van der Waals surface area contributed by atoms with E-state index in [-0.39, 0.29) is 22.9 Å². The Kier molecular flexibility index (Phi) is 3.38. The van der Waals surface area contributed by atoms with Gasteiger partial charge in [-0.15, -0.1) is 6.42 Å². The maximum atomic E-state index is 11.2. The molecule has 0 saturated carbocycles. The number of aromatic hydroxyl groups is 1. The minimum atomic E-state index is -0.565. The summed E-state index contributed by atoms with van der Waals surface area (Å²) in [4.78, 5) is 11.2. The fourth-order valence-corrected chi connectivity index (χ4v) is 1.00. The van der Waals surface area contributed by atoms with Crippen LogP contribution in [0.5, 0.6) is 5.75 Å². The molecule has 1 aromatic rings. The summed E-state index contributed by atoms with van der Waals surface area (Å²) in [5.74, 6) is 1.52. The second kappa shape index (κ2) is 4.54. The van der Waals surface area contributed by atoms with Crippen molar-refractivity contribution in [2.75, 3.05) is 6.61 Å². The number of carbonyl (C=O) groups is 1. The minimum absolute atomic E-state index is 0.0832. The van der Waals surface area contributed by atoms with Gasteiger partial charge in [-0.2, -0.15) is 0 Å². The third-order valence-corrected chi connectivity index (χ3v) is 1.77. The third kappa shape index (κ3) is 2.41. The van der Waals surface area contributed by atoms with Crippen LogP contribution < -0.4 is 0 Å². The molecule has 0 aliphatic heterocycles. The summed E-state index contributed by atoms with van der Waals surface area (Å²) in [5, 5.41) is 9.18. The zero-order chi connectivity index (χ0) is 10.6. The van der Waals surface area contributed by atoms with Crippen molar-refractivity contribution < 1.29 is 14.6 Å². The third-order valence-electron chi connectivity index (χ3n) is 1.47. The van der Waals surface area contributed by atoms with Gasteiger partial charge in [-0.05, 0) is 18.2 Å². The summed E-state index contributed by atoms with van der Waals surface area (Å²) in [6, 6.07) is 4.03. The fourth-order valence-electron chi connectivity index (χ4n) is 0.824. The minimum Gasteiger partial charge on any atom is -0.506 e. The summed E-state index contributed by atoms with van der Waals surface area (Å²) in [6.07, 6.45) is 4.92. The van der Waals surface area contributed by atoms with Crippen molar-refractivity contribution in [1.29, 1.82) is 0 Å². The molecule has 0 aliphatic rings. The van der Waals surface area contributed by atoms with Gasteiger partial charge in [0.15, 0.2) is 6.61 Å². The lowest BCUT2D eigenvalue weighted by Crippen LogP contribution is -2.04. The lowest BCUT2D eigenvalue weighted by Gasteiger charge is -2.02. The van der Waals surface area contributed by atoms with Crippen LogP contribution in [0.1, 0.15) is 10.4 Å². The summed E-state index contributed by atoms with van der Waals surface area (Å²) in [7, 11) is 0. The van der Waals surface area contributed by atoms with Crippen molar-refractivity contribution in [3.63, 3.8) is 0 Å². The van der Waals surface area contributed by atoms with E-state index in [0.717, 1.165) is 0 Å². The predicted octanol–water partition coefficient (Wildman–Crippen LogP) is 1.84. The lowest BCUT2D eigenvalue weighted by atomic mass is 10.2. The molecule has 1 rings (SSSR count). The molecule has 0 spiro atoms. The lowest BCUT2D eigenvalue weighted by molar-refractivity contribution is 0.0557. The van der Waals surface area contributed by atoms with Crippen molar-refractivity contribution >= 4 is 17.6 Å². The first kappa shape index (κ1) is 10.4. The Morgan fingerprint density at radius 2 is 2.36 bits per heavy atom. The molecule has 0 fully saturated rings. The number of phenols is 1. The van der Waals surface area contributed by atoms with E-state index in [4.69, 9.17) is 23.1 Å². The number of halogens is 1. The highest BCUT2D eigenvalue weighted by Gasteiger charge is 2.08. The molecule has 0 saturated heterocycles. The second-order valence-electron chi connectivity index (χ2n) is 2.45. The molecule has 0 amide bonds. The van der Waals surface area contributed by atoms with Gasteiger partial charge < -0.3 is 9.84 Å². The van der Waals surface area contributed by atoms with E-state index in [1.54, 1.807) is 0 Å². The highest BCUT2D eigenvalue weighted by molar-refractivity contribution is 6.32. The Balaban J connectivity index is 2.82. The molecule has 1 aromatic carbocycles. The molecule has 3 nitrogen and oxygen atoms in total. The second-order valence-corrected chi connectivity index (χ2v) is 2.85. The van der Waals surface area contributed by atoms with Gasteiger partial charge in [0.25, 0.3) is 0 Å². The molecule has 0 aliphatic carbocycles. The largest absolute Gasteiger partial charge is 0.506 e. The SMILES string of the molecule is C#CCOC(=O)c1ccc(O)c(Cl)c1. The van der Waals surface area contributed by atoms with Crippen LogP contribution in [0.25, 0.3) is 0 Å². The molecular formula is C10H7ClO3. The quantitative estimate of drug-likeness (QED) is 0.599. The van der Waals surface area contributed by atoms with E-state index < -0.39 is 5.97 Å². The molecule has 0 bridgehead atoms. The Bertz CT molecular complexity index is 393. The number of phenolic OH excluding ortho intramolecular Hbond substituents is 1. The molecule has 0 aromatic heterocycles. The molecule has 0 unspecified atom stereocenters. The van der Waals surface area contributed by atoms with E-state index in [1.807, 2.05) is 0 Å². The first-order valence-electron chi connectivity index (χ1n) is 3.74. The van der Waals surface area contributed by atoms with Crippen LogP contribution >= 0.6 is 11.6 Å². The normalized spacial score (nSPS) is 9.14. The van der Waals surface area contributed by atoms with Crippen molar-refractivity contribution in [2.45, 2.75) is 0 Å². The summed E-state index contributed by atoms with van der Waals surface area (Å²) in [6.45, 7) is -0.0860. The van der Waals surface area contributed by atoms with Gasteiger partial charge in [0.2, 0.25) is 0 Å². The van der Waals surface area contributed by atoms with Crippen LogP contribution in [0, 0.1) is 12.3 Å². The zero-order valence-electron chi connectivity index (χ0n) is 7.16. The Hall–Kier alpha value is -1.66. The van der Waals surface area contributed by atoms with Crippen LogP contribution in [0.3, 0.4) is 0 Å². The van der Waals surface area contributed by atoms with Crippen LogP contribution in [0.15, 0.2) is 18.2 Å². The Morgan fingerprint density at radius 3 is 2.93 bits per heavy atom. The zero-order valence-corrected chi connectivity index (χ0v) is 7.91. The topological polar surface area (TPSA) is 46.5 Å². The molecule has 1 N–H and O–H groups in total. The summed E-state index contributed by atoms with van der Waals surface area (Å²) in [5.41, 5.74) is 0.253. The molecule has 4 heteroatoms. The monoisotopic (exact) mass is 210 g/mol. The van der Waals surface area contributed by atoms with Crippen molar-refractivity contribution in [1.82, 2.24) is 0 Å². The Labute approximate surface area is 86.3 Å². The van der Waals surface area contributed by atoms with Gasteiger partial charge in [-0.3, -0.25) is 0 Å². The summed E-state index contributed by atoms with van der Waals surface area (Å²) >= 11 is 5.59. The molecular weight excluding hydrogens is 204 g/mol. The van der Waals surface area contributed by atoms with Crippen LogP contribution in [-0.2, 0) is 4.74 Å². The van der Waals surface area contributed by atoms with Crippen LogP contribution in [0.2, 0.25) is 5.02 Å². The molecule has 0 atom stereocenters. The van der Waals surface area contributed by atoms with Gasteiger partial charge in [-0.25, -0.2) is 4.79 Å². The fraction of sp³-hybridized carbons (Fsp3) is 0.100. The molecule has 14 heavy (non-hydrogen) atoms. The predicted molar refractivity (Wildman–Crippen MR) is 52.2 cm³/mol. The average molecular weight is 211 g/mol. The number of rotatable bonds is 2. The van der Waals surface area contributed by atoms with Crippen LogP contribution in [0.4, 0.5) is 0 Å². The highest BCUT2D eigenvalue weighted by atomic mass is 35.5. The van der Waals surface area contributed by atoms with Crippen molar-refractivity contribution in [3.8, 4) is 18.1 Å². The van der Waals surface area contributed by atoms with Gasteiger partial charge in [-0.1, -0.05) is 17.5 Å². The average Bonchev–Trinajstić information content (AvgIpc) is 2.18. The van der Waals surface area contributed by atoms with Gasteiger partial charge in [0.1, 0.15) is 5.75 Å². The van der Waals surface area contributed by atoms with Gasteiger partial charge in [0.05, 0.1) is 10.6 Å². The number of hydrogen-bond acceptors (Lipinski definition) is 3. The molecule has 0 radical (unpaired) electrons. The molecule has 72 valence electrons. The number of esters is 1. The number of carbonyl (C=O) groups excluding carboxylic acids is 1. The van der Waals surface area contributed by atoms with E-state index in [1.165, 1.54) is 18.2 Å². The van der Waals surface area contributed by atoms with Crippen molar-refractivity contribution in [3.05, 3.63) is 28.8 Å². The van der Waals surface area contributed by atoms with Gasteiger partial charge in [0, 0.05) is 0 Å². The number of benzene rings is 1. The number of ether oxygens (including phenoxy) is 1. The van der Waals surface area contributed by atoms with Gasteiger partial charge >= 0.3 is 5.97 Å². The number of hydrogen-bond donors (Lipinski definition) is 1. The van der Waals surface area contributed by atoms with E-state index in [0.29, 0.717) is 0 Å². The van der Waals surface area contributed by atoms with Crippen LogP contribution in [-0.4, -0.2) is 17.7 Å². The maximum Gasteiger partial charge on any atom is 0.339 e. The smallest absolute Gasteiger partial charge is 0.339 e. The number of terminal acetylenes is 1. The van der Waals surface area contributed by atoms with E-state index >= 15 is 0 Å². The Morgan fingerprint density at radius 1 is 1.64 bits per heavy atom. The van der Waals surface area contributed by atoms with Crippen molar-refractivity contribution in [2.24, 2.45) is 0 Å². The van der Waals surface area contributed by atoms with E-state index in [2.05, 4.69) is 10.7 Å².